The molecular formula is C21H25N3O2. The number of carbonyl (C=O) groups excluding carboxylic acids is 2. The third kappa shape index (κ3) is 4.23. The average molecular weight is 351 g/mol. The van der Waals surface area contributed by atoms with Crippen molar-refractivity contribution in [3.63, 3.8) is 0 Å². The molecule has 0 bridgehead atoms. The summed E-state index contributed by atoms with van der Waals surface area (Å²) in [5.41, 5.74) is 3.36. The summed E-state index contributed by atoms with van der Waals surface area (Å²) in [6.45, 7) is 3.06. The number of hydrogen-bond donors (Lipinski definition) is 1. The van der Waals surface area contributed by atoms with E-state index in [1.165, 1.54) is 11.1 Å². The van der Waals surface area contributed by atoms with Crippen LogP contribution in [0.25, 0.3) is 0 Å². The normalized spacial score (nSPS) is 16.6. The van der Waals surface area contributed by atoms with E-state index in [1.807, 2.05) is 42.4 Å². The molecule has 0 radical (unpaired) electrons. The molecule has 3 rings (SSSR count). The second kappa shape index (κ2) is 8.04. The molecule has 1 aliphatic heterocycles. The Morgan fingerprint density at radius 1 is 1.15 bits per heavy atom. The Kier molecular flexibility index (Phi) is 5.56. The lowest BCUT2D eigenvalue weighted by Gasteiger charge is -2.30. The van der Waals surface area contributed by atoms with Gasteiger partial charge in [-0.2, -0.15) is 0 Å². The van der Waals surface area contributed by atoms with Crippen LogP contribution in [-0.2, 0) is 16.0 Å². The van der Waals surface area contributed by atoms with Gasteiger partial charge in [0.25, 0.3) is 0 Å². The average Bonchev–Trinajstić information content (AvgIpc) is 3.05. The highest BCUT2D eigenvalue weighted by Gasteiger charge is 2.36. The van der Waals surface area contributed by atoms with Crippen molar-refractivity contribution in [3.05, 3.63) is 65.7 Å². The molecule has 0 aliphatic carbocycles. The molecule has 136 valence electrons. The molecule has 0 saturated carbocycles. The van der Waals surface area contributed by atoms with Crippen LogP contribution in [0.5, 0.6) is 0 Å². The van der Waals surface area contributed by atoms with E-state index in [0.717, 1.165) is 12.1 Å². The van der Waals surface area contributed by atoms with Crippen LogP contribution in [0.4, 0.5) is 5.69 Å². The van der Waals surface area contributed by atoms with Gasteiger partial charge in [-0.3, -0.25) is 19.6 Å². The largest absolute Gasteiger partial charge is 0.355 e. The van der Waals surface area contributed by atoms with E-state index in [4.69, 9.17) is 0 Å². The summed E-state index contributed by atoms with van der Waals surface area (Å²) in [7, 11) is 1.85. The smallest absolute Gasteiger partial charge is 0.241 e. The van der Waals surface area contributed by atoms with Crippen LogP contribution in [0.2, 0.25) is 0 Å². The first kappa shape index (κ1) is 18.0. The van der Waals surface area contributed by atoms with Gasteiger partial charge in [-0.1, -0.05) is 48.0 Å². The molecule has 5 heteroatoms. The Hall–Kier alpha value is -2.82. The van der Waals surface area contributed by atoms with Crippen LogP contribution in [-0.4, -0.2) is 37.0 Å². The summed E-state index contributed by atoms with van der Waals surface area (Å²) in [5.74, 6) is -0.365. The Labute approximate surface area is 154 Å². The van der Waals surface area contributed by atoms with Crippen LogP contribution in [0, 0.1) is 12.8 Å². The second-order valence-electron chi connectivity index (χ2n) is 6.76. The summed E-state index contributed by atoms with van der Waals surface area (Å²) < 4.78 is 0. The lowest BCUT2D eigenvalue weighted by molar-refractivity contribution is -0.129. The second-order valence-corrected chi connectivity index (χ2v) is 6.76. The molecule has 0 spiro atoms. The van der Waals surface area contributed by atoms with E-state index in [9.17, 15) is 9.59 Å². The molecule has 1 aliphatic rings. The van der Waals surface area contributed by atoms with E-state index >= 15 is 0 Å². The van der Waals surface area contributed by atoms with Crippen LogP contribution in [0.15, 0.2) is 54.6 Å². The summed E-state index contributed by atoms with van der Waals surface area (Å²) in [6.07, 6.45) is 1.05. The highest BCUT2D eigenvalue weighted by Crippen LogP contribution is 2.23. The minimum atomic E-state index is -0.299. The van der Waals surface area contributed by atoms with E-state index < -0.39 is 0 Å². The van der Waals surface area contributed by atoms with Crippen LogP contribution >= 0.6 is 0 Å². The van der Waals surface area contributed by atoms with E-state index in [2.05, 4.69) is 36.5 Å². The monoisotopic (exact) mass is 351 g/mol. The topological polar surface area (TPSA) is 52.7 Å². The number of aryl methyl sites for hydroxylation is 1. The van der Waals surface area contributed by atoms with Gasteiger partial charge in [0.1, 0.15) is 0 Å². The Morgan fingerprint density at radius 2 is 1.85 bits per heavy atom. The maximum atomic E-state index is 12.4. The van der Waals surface area contributed by atoms with Crippen molar-refractivity contribution >= 4 is 17.5 Å². The van der Waals surface area contributed by atoms with Gasteiger partial charge in [0, 0.05) is 20.0 Å². The zero-order chi connectivity index (χ0) is 18.5. The highest BCUT2D eigenvalue weighted by atomic mass is 16.2. The highest BCUT2D eigenvalue weighted by molar-refractivity contribution is 5.90. The number of carbonyl (C=O) groups is 2. The van der Waals surface area contributed by atoms with Crippen LogP contribution < -0.4 is 10.3 Å². The fourth-order valence-corrected chi connectivity index (χ4v) is 3.17. The molecule has 2 aromatic carbocycles. The molecule has 5 nitrogen and oxygen atoms in total. The lowest BCUT2D eigenvalue weighted by atomic mass is 10.1. The fraction of sp³-hybridized carbons (Fsp3) is 0.333. The van der Waals surface area contributed by atoms with Crippen molar-refractivity contribution in [2.45, 2.75) is 19.8 Å². The molecule has 26 heavy (non-hydrogen) atoms. The zero-order valence-electron chi connectivity index (χ0n) is 15.3. The minimum Gasteiger partial charge on any atom is -0.355 e. The Morgan fingerprint density at radius 3 is 2.54 bits per heavy atom. The molecule has 1 fully saturated rings. The van der Waals surface area contributed by atoms with Crippen LogP contribution in [0.3, 0.4) is 0 Å². The Bertz CT molecular complexity index is 759. The van der Waals surface area contributed by atoms with Gasteiger partial charge in [0.05, 0.1) is 18.2 Å². The van der Waals surface area contributed by atoms with E-state index in [1.54, 1.807) is 5.01 Å². The predicted molar refractivity (Wildman–Crippen MR) is 103 cm³/mol. The molecule has 1 atom stereocenters. The van der Waals surface area contributed by atoms with Gasteiger partial charge in [-0.15, -0.1) is 0 Å². The molecule has 1 N–H and O–H groups in total. The first-order chi connectivity index (χ1) is 12.5. The van der Waals surface area contributed by atoms with Gasteiger partial charge in [-0.05, 0) is 31.0 Å². The standard InChI is InChI=1S/C21H25N3O2/c1-16-8-10-17(11-9-16)12-13-22-21(26)18-14-20(25)24(15-18)23(2)19-6-4-3-5-7-19/h3-11,18H,12-15H2,1-2H3,(H,22,26). The number of para-hydroxylation sites is 1. The number of benzene rings is 2. The van der Waals surface area contributed by atoms with Gasteiger partial charge in [-0.25, -0.2) is 0 Å². The molecule has 2 aromatic rings. The number of amides is 2. The molecule has 1 saturated heterocycles. The summed E-state index contributed by atoms with van der Waals surface area (Å²) in [4.78, 5) is 24.8. The lowest BCUT2D eigenvalue weighted by Crippen LogP contribution is -2.42. The predicted octanol–water partition coefficient (Wildman–Crippen LogP) is 2.55. The number of hydrogen-bond acceptors (Lipinski definition) is 3. The summed E-state index contributed by atoms with van der Waals surface area (Å²) >= 11 is 0. The quantitative estimate of drug-likeness (QED) is 0.870. The third-order valence-electron chi connectivity index (χ3n) is 4.80. The molecular weight excluding hydrogens is 326 g/mol. The first-order valence-electron chi connectivity index (χ1n) is 8.97. The van der Waals surface area contributed by atoms with Crippen LogP contribution in [0.1, 0.15) is 17.5 Å². The van der Waals surface area contributed by atoms with Crippen molar-refractivity contribution < 1.29 is 9.59 Å². The molecule has 1 unspecified atom stereocenters. The number of anilines is 1. The molecule has 2 amide bonds. The number of nitrogens with zero attached hydrogens (tertiary/aromatic N) is 2. The third-order valence-corrected chi connectivity index (χ3v) is 4.80. The van der Waals surface area contributed by atoms with E-state index in [-0.39, 0.29) is 24.2 Å². The maximum absolute atomic E-state index is 12.4. The van der Waals surface area contributed by atoms with Crippen molar-refractivity contribution in [1.82, 2.24) is 10.3 Å². The first-order valence-corrected chi connectivity index (χ1v) is 8.97. The van der Waals surface area contributed by atoms with Gasteiger partial charge in [0.15, 0.2) is 0 Å². The van der Waals surface area contributed by atoms with E-state index in [0.29, 0.717) is 13.1 Å². The summed E-state index contributed by atoms with van der Waals surface area (Å²) in [5, 5.41) is 6.44. The number of nitrogens with one attached hydrogen (secondary N) is 1. The van der Waals surface area contributed by atoms with Gasteiger partial charge < -0.3 is 5.32 Å². The summed E-state index contributed by atoms with van der Waals surface area (Å²) in [6, 6.07) is 18.0. The maximum Gasteiger partial charge on any atom is 0.241 e. The van der Waals surface area contributed by atoms with Crippen molar-refractivity contribution in [1.29, 1.82) is 0 Å². The molecule has 0 aromatic heterocycles. The number of hydrazine groups is 1. The van der Waals surface area contributed by atoms with Gasteiger partial charge in [0.2, 0.25) is 11.8 Å². The Balaban J connectivity index is 1.51. The fourth-order valence-electron chi connectivity index (χ4n) is 3.17. The number of rotatable bonds is 6. The molecule has 1 heterocycles. The minimum absolute atomic E-state index is 0.0185. The SMILES string of the molecule is Cc1ccc(CCNC(=O)C2CC(=O)N(N(C)c3ccccc3)C2)cc1. The van der Waals surface area contributed by atoms with Crippen molar-refractivity contribution in [2.24, 2.45) is 5.92 Å². The zero-order valence-corrected chi connectivity index (χ0v) is 15.3. The van der Waals surface area contributed by atoms with Crippen molar-refractivity contribution in [2.75, 3.05) is 25.1 Å². The van der Waals surface area contributed by atoms with Crippen molar-refractivity contribution in [3.8, 4) is 0 Å². The van der Waals surface area contributed by atoms with Gasteiger partial charge >= 0.3 is 0 Å².